The van der Waals surface area contributed by atoms with E-state index in [1.807, 2.05) is 25.1 Å². The fourth-order valence-electron chi connectivity index (χ4n) is 2.39. The third kappa shape index (κ3) is 2.09. The van der Waals surface area contributed by atoms with Crippen molar-refractivity contribution in [3.05, 3.63) is 35.4 Å². The number of carbonyl (C=O) groups is 1. The van der Waals surface area contributed by atoms with E-state index in [4.69, 9.17) is 0 Å². The van der Waals surface area contributed by atoms with Gasteiger partial charge in [0.15, 0.2) is 0 Å². The van der Waals surface area contributed by atoms with Gasteiger partial charge in [-0.05, 0) is 31.9 Å². The van der Waals surface area contributed by atoms with Crippen molar-refractivity contribution in [2.75, 3.05) is 6.54 Å². The fourth-order valence-corrected chi connectivity index (χ4v) is 2.39. The molecule has 1 aromatic carbocycles. The van der Waals surface area contributed by atoms with Crippen molar-refractivity contribution < 1.29 is 9.90 Å². The summed E-state index contributed by atoms with van der Waals surface area (Å²) in [6, 6.07) is 8.07. The lowest BCUT2D eigenvalue weighted by Gasteiger charge is -2.24. The molecule has 1 saturated heterocycles. The van der Waals surface area contributed by atoms with Gasteiger partial charge >= 0.3 is 5.97 Å². The van der Waals surface area contributed by atoms with Crippen LogP contribution in [0.5, 0.6) is 0 Å². The molecular weight excluding hydrogens is 202 g/mol. The summed E-state index contributed by atoms with van der Waals surface area (Å²) in [5.74, 6) is -0.730. The second kappa shape index (κ2) is 4.26. The van der Waals surface area contributed by atoms with Gasteiger partial charge in [-0.25, -0.2) is 0 Å². The van der Waals surface area contributed by atoms with Gasteiger partial charge in [-0.2, -0.15) is 0 Å². The first kappa shape index (κ1) is 11.1. The van der Waals surface area contributed by atoms with E-state index in [0.29, 0.717) is 6.42 Å². The van der Waals surface area contributed by atoms with E-state index in [-0.39, 0.29) is 0 Å². The first-order valence-electron chi connectivity index (χ1n) is 5.66. The van der Waals surface area contributed by atoms with Crippen molar-refractivity contribution in [3.8, 4) is 0 Å². The standard InChI is InChI=1S/C13H17NO2/c1-10-4-2-5-11(8-10)9-13(12(15)16)6-3-7-14-13/h2,4-5,8,14H,3,6-7,9H2,1H3,(H,15,16)/t13-/m0/s1. The lowest BCUT2D eigenvalue weighted by atomic mass is 9.89. The summed E-state index contributed by atoms with van der Waals surface area (Å²) in [5.41, 5.74) is 1.53. The van der Waals surface area contributed by atoms with Crippen LogP contribution < -0.4 is 5.32 Å². The molecule has 1 atom stereocenters. The van der Waals surface area contributed by atoms with E-state index < -0.39 is 11.5 Å². The number of benzene rings is 1. The molecule has 1 heterocycles. The molecule has 1 aliphatic heterocycles. The zero-order valence-electron chi connectivity index (χ0n) is 9.49. The third-order valence-electron chi connectivity index (χ3n) is 3.24. The highest BCUT2D eigenvalue weighted by atomic mass is 16.4. The molecule has 2 N–H and O–H groups in total. The molecule has 1 aromatic rings. The zero-order valence-corrected chi connectivity index (χ0v) is 9.49. The predicted octanol–water partition coefficient (Wildman–Crippen LogP) is 1.74. The van der Waals surface area contributed by atoms with Gasteiger partial charge in [-0.1, -0.05) is 29.8 Å². The molecular formula is C13H17NO2. The Kier molecular flexibility index (Phi) is 2.97. The monoisotopic (exact) mass is 219 g/mol. The summed E-state index contributed by atoms with van der Waals surface area (Å²) in [7, 11) is 0. The molecule has 0 spiro atoms. The van der Waals surface area contributed by atoms with E-state index in [9.17, 15) is 9.90 Å². The van der Waals surface area contributed by atoms with Crippen molar-refractivity contribution in [1.29, 1.82) is 0 Å². The second-order valence-electron chi connectivity index (χ2n) is 4.58. The molecule has 0 aliphatic carbocycles. The van der Waals surface area contributed by atoms with Crippen LogP contribution in [0.3, 0.4) is 0 Å². The van der Waals surface area contributed by atoms with E-state index >= 15 is 0 Å². The number of nitrogens with one attached hydrogen (secondary N) is 1. The van der Waals surface area contributed by atoms with Crippen LogP contribution in [0.2, 0.25) is 0 Å². The minimum Gasteiger partial charge on any atom is -0.480 e. The van der Waals surface area contributed by atoms with Crippen LogP contribution >= 0.6 is 0 Å². The van der Waals surface area contributed by atoms with E-state index in [1.54, 1.807) is 0 Å². The minimum absolute atomic E-state index is 0.573. The third-order valence-corrected chi connectivity index (χ3v) is 3.24. The Balaban J connectivity index is 2.21. The molecule has 0 bridgehead atoms. The molecule has 2 rings (SSSR count). The number of carboxylic acid groups (broad SMARTS) is 1. The van der Waals surface area contributed by atoms with Crippen molar-refractivity contribution >= 4 is 5.97 Å². The summed E-state index contributed by atoms with van der Waals surface area (Å²) >= 11 is 0. The maximum Gasteiger partial charge on any atom is 0.324 e. The summed E-state index contributed by atoms with van der Waals surface area (Å²) in [6.45, 7) is 2.83. The smallest absolute Gasteiger partial charge is 0.324 e. The highest BCUT2D eigenvalue weighted by Crippen LogP contribution is 2.24. The van der Waals surface area contributed by atoms with Crippen LogP contribution in [-0.2, 0) is 11.2 Å². The van der Waals surface area contributed by atoms with Gasteiger partial charge in [0, 0.05) is 6.42 Å². The highest BCUT2D eigenvalue weighted by molar-refractivity contribution is 5.79. The SMILES string of the molecule is Cc1cccc(C[C@]2(C(=O)O)CCCN2)c1. The first-order valence-corrected chi connectivity index (χ1v) is 5.66. The Hall–Kier alpha value is -1.35. The molecule has 16 heavy (non-hydrogen) atoms. The Morgan fingerprint density at radius 1 is 1.56 bits per heavy atom. The van der Waals surface area contributed by atoms with Crippen molar-refractivity contribution in [1.82, 2.24) is 5.32 Å². The maximum absolute atomic E-state index is 11.4. The van der Waals surface area contributed by atoms with Crippen molar-refractivity contribution in [2.24, 2.45) is 0 Å². The molecule has 1 aliphatic rings. The Morgan fingerprint density at radius 2 is 2.38 bits per heavy atom. The van der Waals surface area contributed by atoms with Crippen LogP contribution in [0.1, 0.15) is 24.0 Å². The van der Waals surface area contributed by atoms with Crippen LogP contribution in [0.4, 0.5) is 0 Å². The largest absolute Gasteiger partial charge is 0.480 e. The molecule has 0 radical (unpaired) electrons. The molecule has 86 valence electrons. The molecule has 0 saturated carbocycles. The van der Waals surface area contributed by atoms with E-state index in [2.05, 4.69) is 11.4 Å². The van der Waals surface area contributed by atoms with Gasteiger partial charge in [0.2, 0.25) is 0 Å². The van der Waals surface area contributed by atoms with Gasteiger partial charge in [0.1, 0.15) is 5.54 Å². The lowest BCUT2D eigenvalue weighted by molar-refractivity contribution is -0.144. The molecule has 0 amide bonds. The van der Waals surface area contributed by atoms with Gasteiger partial charge < -0.3 is 10.4 Å². The summed E-state index contributed by atoms with van der Waals surface area (Å²) in [6.07, 6.45) is 2.23. The van der Waals surface area contributed by atoms with Crippen molar-refractivity contribution in [2.45, 2.75) is 31.7 Å². The molecule has 0 aromatic heterocycles. The predicted molar refractivity (Wildman–Crippen MR) is 62.5 cm³/mol. The molecule has 3 nitrogen and oxygen atoms in total. The minimum atomic E-state index is -0.742. The normalized spacial score (nSPS) is 24.6. The topological polar surface area (TPSA) is 49.3 Å². The summed E-state index contributed by atoms with van der Waals surface area (Å²) < 4.78 is 0. The number of aliphatic carboxylic acids is 1. The number of carboxylic acids is 1. The quantitative estimate of drug-likeness (QED) is 0.814. The number of hydrogen-bond donors (Lipinski definition) is 2. The maximum atomic E-state index is 11.4. The van der Waals surface area contributed by atoms with Gasteiger partial charge in [-0.15, -0.1) is 0 Å². The Bertz CT molecular complexity index is 395. The van der Waals surface area contributed by atoms with Crippen LogP contribution in [0.25, 0.3) is 0 Å². The van der Waals surface area contributed by atoms with Gasteiger partial charge in [0.25, 0.3) is 0 Å². The fraction of sp³-hybridized carbons (Fsp3) is 0.462. The van der Waals surface area contributed by atoms with Crippen LogP contribution in [0.15, 0.2) is 24.3 Å². The number of hydrogen-bond acceptors (Lipinski definition) is 2. The average Bonchev–Trinajstić information content (AvgIpc) is 2.67. The van der Waals surface area contributed by atoms with Crippen LogP contribution in [0, 0.1) is 6.92 Å². The highest BCUT2D eigenvalue weighted by Gasteiger charge is 2.40. The van der Waals surface area contributed by atoms with Crippen LogP contribution in [-0.4, -0.2) is 23.2 Å². The number of rotatable bonds is 3. The van der Waals surface area contributed by atoms with Gasteiger partial charge in [0.05, 0.1) is 0 Å². The lowest BCUT2D eigenvalue weighted by Crippen LogP contribution is -2.49. The van der Waals surface area contributed by atoms with E-state index in [1.165, 1.54) is 5.56 Å². The first-order chi connectivity index (χ1) is 7.62. The number of aryl methyl sites for hydroxylation is 1. The van der Waals surface area contributed by atoms with Gasteiger partial charge in [-0.3, -0.25) is 4.79 Å². The Labute approximate surface area is 95.5 Å². The summed E-state index contributed by atoms with van der Waals surface area (Å²) in [4.78, 5) is 11.4. The van der Waals surface area contributed by atoms with Crippen molar-refractivity contribution in [3.63, 3.8) is 0 Å². The average molecular weight is 219 g/mol. The molecule has 3 heteroatoms. The Morgan fingerprint density at radius 3 is 2.94 bits per heavy atom. The summed E-state index contributed by atoms with van der Waals surface area (Å²) in [5, 5.41) is 12.5. The zero-order chi connectivity index (χ0) is 11.6. The second-order valence-corrected chi connectivity index (χ2v) is 4.58. The van der Waals surface area contributed by atoms with E-state index in [0.717, 1.165) is 24.9 Å². The molecule has 1 fully saturated rings. The molecule has 0 unspecified atom stereocenters.